The van der Waals surface area contributed by atoms with Gasteiger partial charge in [-0.25, -0.2) is 14.6 Å². The number of Topliss-reactive ketones (excluding diaryl/α,β-unsaturated/α-hetero) is 1. The molecule has 0 aromatic carbocycles. The van der Waals surface area contributed by atoms with E-state index in [1.165, 1.54) is 12.3 Å². The number of carbonyl (C=O) groups excluding carboxylic acids is 3. The SMILES string of the molecule is C[C@H](O/N=C(\C(=O)C[C@@H]1C(=O)N2[C@@H]1[S@@](=O)C[C@@H]1CC(=O)O[C@@]12C(=O)O)c1csc(N)n1)C(=O)O. The molecule has 4 heterocycles. The number of thiazole rings is 1. The number of carboxylic acid groups (broad SMARTS) is 2. The maximum atomic E-state index is 13.1. The molecule has 4 N–H and O–H groups in total. The van der Waals surface area contributed by atoms with Crippen LogP contribution in [0.3, 0.4) is 0 Å². The summed E-state index contributed by atoms with van der Waals surface area (Å²) in [4.78, 5) is 70.5. The van der Waals surface area contributed by atoms with Crippen LogP contribution in [0.1, 0.15) is 25.5 Å². The Balaban J connectivity index is 1.60. The number of aliphatic carboxylic acids is 2. The number of hydrogen-bond donors (Lipinski definition) is 3. The number of β-lactam (4-membered cyclic amide) rings is 1. The molecule has 0 radical (unpaired) electrons. The highest BCUT2D eigenvalue weighted by molar-refractivity contribution is 7.85. The molecule has 3 aliphatic rings. The largest absolute Gasteiger partial charge is 0.478 e. The first-order valence-electron chi connectivity index (χ1n) is 9.84. The summed E-state index contributed by atoms with van der Waals surface area (Å²) in [5.74, 6) is -7.66. The number of esters is 1. The van der Waals surface area contributed by atoms with Gasteiger partial charge >= 0.3 is 17.9 Å². The molecule has 4 rings (SSSR count). The van der Waals surface area contributed by atoms with Crippen LogP contribution >= 0.6 is 11.3 Å². The molecule has 34 heavy (non-hydrogen) atoms. The van der Waals surface area contributed by atoms with Crippen molar-refractivity contribution in [3.05, 3.63) is 11.1 Å². The predicted octanol–water partition coefficient (Wildman–Crippen LogP) is -1.23. The summed E-state index contributed by atoms with van der Waals surface area (Å²) in [5.41, 5.74) is 2.94. The molecule has 0 unspecified atom stereocenters. The van der Waals surface area contributed by atoms with Gasteiger partial charge in [0.1, 0.15) is 11.1 Å². The molecule has 0 saturated carbocycles. The molecule has 0 bridgehead atoms. The molecule has 16 heteroatoms. The molecule has 182 valence electrons. The number of ether oxygens (including phenoxy) is 1. The summed E-state index contributed by atoms with van der Waals surface area (Å²) in [5, 5.41) is 22.7. The summed E-state index contributed by atoms with van der Waals surface area (Å²) in [6, 6.07) is 0. The highest BCUT2D eigenvalue weighted by Gasteiger charge is 2.72. The van der Waals surface area contributed by atoms with Gasteiger partial charge in [0.05, 0.1) is 18.3 Å². The summed E-state index contributed by atoms with van der Waals surface area (Å²) in [6.07, 6.45) is -2.23. The van der Waals surface area contributed by atoms with Gasteiger partial charge in [0, 0.05) is 28.4 Å². The van der Waals surface area contributed by atoms with Crippen molar-refractivity contribution in [1.29, 1.82) is 0 Å². The molecule has 3 saturated heterocycles. The standard InChI is InChI=1S/C18H18N4O10S2/c1-6(15(26)27)32-21-12(9-4-33-17(19)20-9)10(23)3-8-13(25)22-14(8)34(30)5-7-2-11(24)31-18(7,22)16(28)29/h4,6-8,14H,2-3,5H2,1H3,(H2,19,20)(H,26,27)(H,28,29)/b21-12-/t6-,7-,8+,14+,18+,34-/m0/s1. The lowest BCUT2D eigenvalue weighted by atomic mass is 9.84. The average molecular weight is 514 g/mol. The third-order valence-electron chi connectivity index (χ3n) is 5.77. The van der Waals surface area contributed by atoms with E-state index in [0.29, 0.717) is 0 Å². The number of rotatable bonds is 8. The highest BCUT2D eigenvalue weighted by atomic mass is 32.2. The monoisotopic (exact) mass is 514 g/mol. The van der Waals surface area contributed by atoms with Gasteiger partial charge in [-0.3, -0.25) is 23.5 Å². The number of anilines is 1. The molecular weight excluding hydrogens is 496 g/mol. The number of nitrogens with two attached hydrogens (primary N) is 1. The molecular formula is C18H18N4O10S2. The van der Waals surface area contributed by atoms with Crippen LogP contribution in [0.4, 0.5) is 5.13 Å². The van der Waals surface area contributed by atoms with E-state index < -0.39 is 81.6 Å². The Morgan fingerprint density at radius 2 is 2.15 bits per heavy atom. The number of amides is 1. The fraction of sp³-hybridized carbons (Fsp3) is 0.500. The van der Waals surface area contributed by atoms with E-state index in [0.717, 1.165) is 16.2 Å². The van der Waals surface area contributed by atoms with Crippen molar-refractivity contribution >= 4 is 62.6 Å². The fourth-order valence-electron chi connectivity index (χ4n) is 4.15. The zero-order valence-electron chi connectivity index (χ0n) is 17.4. The zero-order chi connectivity index (χ0) is 24.9. The van der Waals surface area contributed by atoms with Crippen LogP contribution in [0, 0.1) is 11.8 Å². The van der Waals surface area contributed by atoms with Crippen LogP contribution in [-0.4, -0.2) is 82.6 Å². The molecule has 3 fully saturated rings. The maximum absolute atomic E-state index is 13.1. The Hall–Kier alpha value is -3.40. The van der Waals surface area contributed by atoms with E-state index in [1.54, 1.807) is 0 Å². The molecule has 0 spiro atoms. The van der Waals surface area contributed by atoms with E-state index in [9.17, 15) is 33.3 Å². The van der Waals surface area contributed by atoms with Crippen molar-refractivity contribution in [1.82, 2.24) is 9.88 Å². The van der Waals surface area contributed by atoms with Crippen molar-refractivity contribution < 1.29 is 48.0 Å². The number of nitrogens with zero attached hydrogens (tertiary/aromatic N) is 3. The third kappa shape index (κ3) is 3.62. The number of carboxylic acids is 2. The van der Waals surface area contributed by atoms with Crippen LogP contribution < -0.4 is 5.73 Å². The molecule has 1 amide bonds. The van der Waals surface area contributed by atoms with Crippen molar-refractivity contribution in [2.24, 2.45) is 17.0 Å². The lowest BCUT2D eigenvalue weighted by molar-refractivity contribution is -0.220. The Bertz CT molecular complexity index is 1170. The number of nitrogen functional groups attached to an aromatic ring is 1. The van der Waals surface area contributed by atoms with E-state index in [1.807, 2.05) is 0 Å². The second-order valence-corrected chi connectivity index (χ2v) is 10.3. The van der Waals surface area contributed by atoms with Gasteiger partial charge in [-0.2, -0.15) is 0 Å². The topological polar surface area (TPSA) is 216 Å². The third-order valence-corrected chi connectivity index (χ3v) is 8.26. The summed E-state index contributed by atoms with van der Waals surface area (Å²) in [6.45, 7) is 1.19. The van der Waals surface area contributed by atoms with Crippen LogP contribution in [-0.2, 0) is 44.3 Å². The van der Waals surface area contributed by atoms with Crippen molar-refractivity contribution in [3.8, 4) is 0 Å². The smallest absolute Gasteiger partial charge is 0.370 e. The molecule has 1 aromatic heterocycles. The van der Waals surface area contributed by atoms with E-state index >= 15 is 0 Å². The Kier molecular flexibility index (Phi) is 5.89. The minimum atomic E-state index is -2.26. The van der Waals surface area contributed by atoms with E-state index in [-0.39, 0.29) is 23.0 Å². The Morgan fingerprint density at radius 1 is 1.44 bits per heavy atom. The van der Waals surface area contributed by atoms with Crippen molar-refractivity contribution in [2.45, 2.75) is 37.0 Å². The molecule has 3 aliphatic heterocycles. The summed E-state index contributed by atoms with van der Waals surface area (Å²) < 4.78 is 17.9. The number of aromatic nitrogens is 1. The van der Waals surface area contributed by atoms with Gasteiger partial charge in [-0.1, -0.05) is 5.16 Å². The number of carbonyl (C=O) groups is 5. The van der Waals surface area contributed by atoms with Gasteiger partial charge in [0.15, 0.2) is 16.6 Å². The summed E-state index contributed by atoms with van der Waals surface area (Å²) >= 11 is 0.986. The quantitative estimate of drug-likeness (QED) is 0.161. The second-order valence-electron chi connectivity index (χ2n) is 7.85. The van der Waals surface area contributed by atoms with Crippen molar-refractivity contribution in [3.63, 3.8) is 0 Å². The number of oxime groups is 1. The minimum Gasteiger partial charge on any atom is -0.478 e. The van der Waals surface area contributed by atoms with E-state index in [2.05, 4.69) is 10.1 Å². The van der Waals surface area contributed by atoms with Crippen molar-refractivity contribution in [2.75, 3.05) is 11.5 Å². The van der Waals surface area contributed by atoms with Crippen LogP contribution in [0.25, 0.3) is 0 Å². The molecule has 1 aromatic rings. The minimum absolute atomic E-state index is 0.00900. The predicted molar refractivity (Wildman–Crippen MR) is 113 cm³/mol. The number of hydrogen-bond acceptors (Lipinski definition) is 12. The van der Waals surface area contributed by atoms with Gasteiger partial charge in [0.25, 0.3) is 5.72 Å². The normalized spacial score (nSPS) is 31.1. The van der Waals surface area contributed by atoms with Gasteiger partial charge in [0.2, 0.25) is 12.0 Å². The second kappa shape index (κ2) is 8.43. The van der Waals surface area contributed by atoms with Gasteiger partial charge < -0.3 is 25.5 Å². The number of fused-ring (bicyclic) bond motifs is 3. The first-order chi connectivity index (χ1) is 16.0. The Morgan fingerprint density at radius 3 is 2.74 bits per heavy atom. The van der Waals surface area contributed by atoms with E-state index in [4.69, 9.17) is 20.4 Å². The maximum Gasteiger partial charge on any atom is 0.370 e. The molecule has 6 atom stereocenters. The van der Waals surface area contributed by atoms with Crippen LogP contribution in [0.15, 0.2) is 10.5 Å². The first kappa shape index (κ1) is 23.7. The molecule has 0 aliphatic carbocycles. The zero-order valence-corrected chi connectivity index (χ0v) is 19.0. The lowest BCUT2D eigenvalue weighted by Gasteiger charge is -2.56. The summed E-state index contributed by atoms with van der Waals surface area (Å²) in [7, 11) is -1.76. The van der Waals surface area contributed by atoms with Crippen LogP contribution in [0.5, 0.6) is 0 Å². The average Bonchev–Trinajstić information content (AvgIpc) is 3.33. The number of ketones is 1. The highest BCUT2D eigenvalue weighted by Crippen LogP contribution is 2.50. The molecule has 14 nitrogen and oxygen atoms in total. The van der Waals surface area contributed by atoms with Gasteiger partial charge in [-0.15, -0.1) is 11.3 Å². The lowest BCUT2D eigenvalue weighted by Crippen LogP contribution is -2.78. The Labute approximate surface area is 197 Å². The fourth-order valence-corrected chi connectivity index (χ4v) is 6.71. The van der Waals surface area contributed by atoms with Crippen LogP contribution in [0.2, 0.25) is 0 Å². The first-order valence-corrected chi connectivity index (χ1v) is 12.1. The van der Waals surface area contributed by atoms with Gasteiger partial charge in [-0.05, 0) is 6.92 Å².